The molecule has 0 spiro atoms. The molecule has 5 aromatic carbocycles. The van der Waals surface area contributed by atoms with E-state index < -0.39 is 0 Å². The molecule has 27 heavy (non-hydrogen) atoms. The fraction of sp³-hybridized carbons (Fsp3) is 0. The fourth-order valence-electron chi connectivity index (χ4n) is 4.40. The number of anilines is 2. The van der Waals surface area contributed by atoms with Crippen molar-refractivity contribution in [2.75, 3.05) is 5.32 Å². The molecule has 0 aromatic heterocycles. The summed E-state index contributed by atoms with van der Waals surface area (Å²) in [6.45, 7) is 0. The van der Waals surface area contributed by atoms with Gasteiger partial charge in [0.05, 0.1) is 0 Å². The Morgan fingerprint density at radius 1 is 0.444 bits per heavy atom. The molecule has 1 nitrogen and oxygen atoms in total. The van der Waals surface area contributed by atoms with Crippen molar-refractivity contribution >= 4 is 32.9 Å². The van der Waals surface area contributed by atoms with Crippen LogP contribution in [0, 0.1) is 0 Å². The van der Waals surface area contributed by atoms with E-state index in [4.69, 9.17) is 0 Å². The number of hydrogen-bond acceptors (Lipinski definition) is 1. The molecule has 0 saturated heterocycles. The second-order valence-electron chi connectivity index (χ2n) is 7.09. The fourth-order valence-corrected chi connectivity index (χ4v) is 4.40. The molecule has 126 valence electrons. The average molecular weight is 343 g/mol. The van der Waals surface area contributed by atoms with E-state index >= 15 is 0 Å². The maximum absolute atomic E-state index is 3.73. The molecule has 0 heterocycles. The van der Waals surface area contributed by atoms with Crippen molar-refractivity contribution in [2.45, 2.75) is 0 Å². The summed E-state index contributed by atoms with van der Waals surface area (Å²) in [5.74, 6) is 0. The van der Waals surface area contributed by atoms with Crippen molar-refractivity contribution < 1.29 is 0 Å². The Kier molecular flexibility index (Phi) is 2.95. The molecule has 0 saturated carbocycles. The number of rotatable bonds is 2. The van der Waals surface area contributed by atoms with Crippen LogP contribution in [-0.2, 0) is 0 Å². The van der Waals surface area contributed by atoms with Crippen LogP contribution in [0.3, 0.4) is 0 Å². The lowest BCUT2D eigenvalue weighted by atomic mass is 10.0. The largest absolute Gasteiger partial charge is 0.354 e. The predicted molar refractivity (Wildman–Crippen MR) is 116 cm³/mol. The Balaban J connectivity index is 1.62. The summed E-state index contributed by atoms with van der Waals surface area (Å²) < 4.78 is 0. The molecule has 6 rings (SSSR count). The summed E-state index contributed by atoms with van der Waals surface area (Å²) in [4.78, 5) is 0. The molecule has 0 amide bonds. The zero-order valence-electron chi connectivity index (χ0n) is 14.7. The number of nitrogens with one attached hydrogen (secondary N) is 1. The summed E-state index contributed by atoms with van der Waals surface area (Å²) in [6.07, 6.45) is 0. The molecule has 1 N–H and O–H groups in total. The van der Waals surface area contributed by atoms with Gasteiger partial charge in [-0.15, -0.1) is 0 Å². The molecule has 0 radical (unpaired) electrons. The minimum atomic E-state index is 1.14. The Morgan fingerprint density at radius 2 is 1.15 bits per heavy atom. The Bertz CT molecular complexity index is 1340. The molecule has 1 aliphatic rings. The molecule has 0 fully saturated rings. The molecular weight excluding hydrogens is 326 g/mol. The molecule has 0 bridgehead atoms. The van der Waals surface area contributed by atoms with E-state index in [1.165, 1.54) is 43.8 Å². The molecule has 0 unspecified atom stereocenters. The Labute approximate surface area is 157 Å². The van der Waals surface area contributed by atoms with Gasteiger partial charge in [-0.05, 0) is 45.0 Å². The molecule has 1 aliphatic carbocycles. The monoisotopic (exact) mass is 343 g/mol. The molecule has 1 heteroatoms. The van der Waals surface area contributed by atoms with Gasteiger partial charge in [-0.25, -0.2) is 0 Å². The highest BCUT2D eigenvalue weighted by atomic mass is 14.9. The SMILES string of the molecule is c1ccc2c(c1)-c1cccc3ccc(Nc4cccc5ccccc45)c-2c13. The highest BCUT2D eigenvalue weighted by molar-refractivity contribution is 6.19. The first-order valence-electron chi connectivity index (χ1n) is 9.30. The smallest absolute Gasteiger partial charge is 0.0471 e. The van der Waals surface area contributed by atoms with Crippen LogP contribution in [0.15, 0.2) is 97.1 Å². The van der Waals surface area contributed by atoms with Crippen LogP contribution in [0.5, 0.6) is 0 Å². The number of benzene rings is 5. The van der Waals surface area contributed by atoms with E-state index in [1.54, 1.807) is 0 Å². The van der Waals surface area contributed by atoms with Gasteiger partial charge in [-0.3, -0.25) is 0 Å². The number of hydrogen-bond donors (Lipinski definition) is 1. The first-order valence-corrected chi connectivity index (χ1v) is 9.30. The van der Waals surface area contributed by atoms with Gasteiger partial charge in [0.15, 0.2) is 0 Å². The van der Waals surface area contributed by atoms with Crippen molar-refractivity contribution in [3.63, 3.8) is 0 Å². The third kappa shape index (κ3) is 2.06. The van der Waals surface area contributed by atoms with Crippen molar-refractivity contribution in [1.29, 1.82) is 0 Å². The van der Waals surface area contributed by atoms with Gasteiger partial charge >= 0.3 is 0 Å². The average Bonchev–Trinajstić information content (AvgIpc) is 3.07. The maximum atomic E-state index is 3.73. The maximum Gasteiger partial charge on any atom is 0.0471 e. The Hall–Kier alpha value is -3.58. The van der Waals surface area contributed by atoms with E-state index in [2.05, 4.69) is 102 Å². The minimum Gasteiger partial charge on any atom is -0.354 e. The van der Waals surface area contributed by atoms with Crippen LogP contribution in [0.4, 0.5) is 11.4 Å². The van der Waals surface area contributed by atoms with Gasteiger partial charge in [0.25, 0.3) is 0 Å². The first kappa shape index (κ1) is 14.6. The van der Waals surface area contributed by atoms with E-state index in [0.717, 1.165) is 11.4 Å². The second-order valence-corrected chi connectivity index (χ2v) is 7.09. The molecule has 0 aliphatic heterocycles. The van der Waals surface area contributed by atoms with Crippen LogP contribution >= 0.6 is 0 Å². The zero-order chi connectivity index (χ0) is 17.8. The van der Waals surface area contributed by atoms with Gasteiger partial charge in [0, 0.05) is 22.3 Å². The normalized spacial score (nSPS) is 11.7. The van der Waals surface area contributed by atoms with Crippen LogP contribution in [0.1, 0.15) is 0 Å². The van der Waals surface area contributed by atoms with Crippen LogP contribution in [0.2, 0.25) is 0 Å². The standard InChI is InChI=1S/C26H17N/c1-2-10-19-17(7-1)8-6-14-23(19)27-24-16-15-18-9-5-13-21-20-11-3-4-12-22(20)26(24)25(18)21/h1-16,27H. The quantitative estimate of drug-likeness (QED) is 0.346. The van der Waals surface area contributed by atoms with Crippen molar-refractivity contribution in [3.05, 3.63) is 97.1 Å². The second kappa shape index (κ2) is 5.46. The van der Waals surface area contributed by atoms with E-state index in [1.807, 2.05) is 0 Å². The molecule has 0 atom stereocenters. The van der Waals surface area contributed by atoms with Gasteiger partial charge in [0.2, 0.25) is 0 Å². The van der Waals surface area contributed by atoms with Crippen molar-refractivity contribution in [3.8, 4) is 22.3 Å². The highest BCUT2D eigenvalue weighted by Gasteiger charge is 2.23. The summed E-state index contributed by atoms with van der Waals surface area (Å²) in [5, 5.41) is 8.87. The minimum absolute atomic E-state index is 1.14. The molecular formula is C26H17N. The van der Waals surface area contributed by atoms with Crippen LogP contribution in [-0.4, -0.2) is 0 Å². The van der Waals surface area contributed by atoms with Crippen molar-refractivity contribution in [1.82, 2.24) is 0 Å². The topological polar surface area (TPSA) is 12.0 Å². The third-order valence-corrected chi connectivity index (χ3v) is 5.59. The summed E-state index contributed by atoms with van der Waals surface area (Å²) in [6, 6.07) is 34.7. The van der Waals surface area contributed by atoms with E-state index in [9.17, 15) is 0 Å². The number of fused-ring (bicyclic) bond motifs is 4. The van der Waals surface area contributed by atoms with Gasteiger partial charge in [-0.2, -0.15) is 0 Å². The van der Waals surface area contributed by atoms with Crippen LogP contribution in [0.25, 0.3) is 43.8 Å². The molecule has 5 aromatic rings. The zero-order valence-corrected chi connectivity index (χ0v) is 14.7. The van der Waals surface area contributed by atoms with Gasteiger partial charge in [-0.1, -0.05) is 84.9 Å². The van der Waals surface area contributed by atoms with E-state index in [-0.39, 0.29) is 0 Å². The lowest BCUT2D eigenvalue weighted by molar-refractivity contribution is 1.60. The van der Waals surface area contributed by atoms with Crippen molar-refractivity contribution in [2.24, 2.45) is 0 Å². The Morgan fingerprint density at radius 3 is 2.11 bits per heavy atom. The lowest BCUT2D eigenvalue weighted by Crippen LogP contribution is -1.94. The van der Waals surface area contributed by atoms with Gasteiger partial charge < -0.3 is 5.32 Å². The first-order chi connectivity index (χ1) is 13.4. The summed E-state index contributed by atoms with van der Waals surface area (Å²) >= 11 is 0. The van der Waals surface area contributed by atoms with E-state index in [0.29, 0.717) is 0 Å². The third-order valence-electron chi connectivity index (χ3n) is 5.59. The van der Waals surface area contributed by atoms with Gasteiger partial charge in [0.1, 0.15) is 0 Å². The highest BCUT2D eigenvalue weighted by Crippen LogP contribution is 2.50. The predicted octanol–water partition coefficient (Wildman–Crippen LogP) is 7.38. The summed E-state index contributed by atoms with van der Waals surface area (Å²) in [7, 11) is 0. The lowest BCUT2D eigenvalue weighted by Gasteiger charge is -2.14. The van der Waals surface area contributed by atoms with Crippen LogP contribution < -0.4 is 5.32 Å². The summed E-state index contributed by atoms with van der Waals surface area (Å²) in [5.41, 5.74) is 7.59.